The molecule has 0 saturated heterocycles. The molecule has 176 valence electrons. The van der Waals surface area contributed by atoms with E-state index < -0.39 is 34.0 Å². The van der Waals surface area contributed by atoms with E-state index in [1.807, 2.05) is 0 Å². The number of hydrogen-bond donors (Lipinski definition) is 3. The average Bonchev–Trinajstić information content (AvgIpc) is 3.24. The first-order valence-corrected chi connectivity index (χ1v) is 11.7. The fraction of sp³-hybridized carbons (Fsp3) is 0.0435. The molecule has 1 amide bonds. The summed E-state index contributed by atoms with van der Waals surface area (Å²) >= 11 is 2.90. The molecule has 35 heavy (non-hydrogen) atoms. The molecule has 4 aromatic rings. The molecule has 0 radical (unpaired) electrons. The summed E-state index contributed by atoms with van der Waals surface area (Å²) in [6.45, 7) is 0. The molecule has 0 aliphatic carbocycles. The quantitative estimate of drug-likeness (QED) is 0.166. The smallest absolute Gasteiger partial charge is 0.336 e. The van der Waals surface area contributed by atoms with Gasteiger partial charge in [0, 0.05) is 23.6 Å². The van der Waals surface area contributed by atoms with Crippen molar-refractivity contribution < 1.29 is 29.5 Å². The molecule has 4 rings (SSSR count). The molecule has 3 N–H and O–H groups in total. The Labute approximate surface area is 205 Å². The predicted octanol–water partition coefficient (Wildman–Crippen LogP) is 5.15. The summed E-state index contributed by atoms with van der Waals surface area (Å²) in [6.07, 6.45) is 0. The minimum atomic E-state index is -1.45. The Kier molecular flexibility index (Phi) is 6.75. The van der Waals surface area contributed by atoms with Crippen LogP contribution in [-0.2, 0) is 5.75 Å². The Morgan fingerprint density at radius 3 is 2.37 bits per heavy atom. The largest absolute Gasteiger partial charge is 0.478 e. The van der Waals surface area contributed by atoms with Gasteiger partial charge in [-0.1, -0.05) is 23.9 Å². The zero-order valence-electron chi connectivity index (χ0n) is 17.6. The van der Waals surface area contributed by atoms with Crippen molar-refractivity contribution in [2.75, 3.05) is 5.32 Å². The maximum Gasteiger partial charge on any atom is 0.336 e. The zero-order chi connectivity index (χ0) is 25.1. The second-order valence-corrected chi connectivity index (χ2v) is 9.45. The summed E-state index contributed by atoms with van der Waals surface area (Å²) in [6, 6.07) is 14.7. The molecule has 0 saturated carbocycles. The number of nitro benzene ring substituents is 1. The van der Waals surface area contributed by atoms with E-state index in [4.69, 9.17) is 5.11 Å². The van der Waals surface area contributed by atoms with Crippen molar-refractivity contribution in [3.8, 4) is 0 Å². The van der Waals surface area contributed by atoms with Crippen LogP contribution in [0.5, 0.6) is 0 Å². The highest BCUT2D eigenvalue weighted by Crippen LogP contribution is 2.33. The molecule has 0 bridgehead atoms. The predicted molar refractivity (Wildman–Crippen MR) is 131 cm³/mol. The van der Waals surface area contributed by atoms with Gasteiger partial charge in [0.05, 0.1) is 31.8 Å². The van der Waals surface area contributed by atoms with Crippen LogP contribution in [0.15, 0.2) is 65.0 Å². The Bertz CT molecular complexity index is 1480. The van der Waals surface area contributed by atoms with E-state index in [1.165, 1.54) is 23.1 Å². The maximum absolute atomic E-state index is 12.7. The second-order valence-electron chi connectivity index (χ2n) is 7.20. The number of hydrogen-bond acceptors (Lipinski definition) is 8. The number of non-ortho nitro benzene ring substituents is 1. The standard InChI is InChI=1S/C23H15N3O7S2/c27-20(16-7-6-15(26(32)33)10-17(16)22(30)31)24-14-5-8-18-19(9-14)35-23(25-18)34-11-12-1-3-13(4-2-12)21(28)29/h1-10H,11H2,(H,24,27)(H,28,29)(H,30,31). The first-order chi connectivity index (χ1) is 16.7. The number of nitrogens with one attached hydrogen (secondary N) is 1. The third-order valence-electron chi connectivity index (χ3n) is 4.88. The van der Waals surface area contributed by atoms with Crippen LogP contribution >= 0.6 is 23.1 Å². The van der Waals surface area contributed by atoms with Crippen molar-refractivity contribution in [1.82, 2.24) is 4.98 Å². The normalized spacial score (nSPS) is 10.7. The molecule has 0 spiro atoms. The number of nitrogens with zero attached hydrogens (tertiary/aromatic N) is 2. The van der Waals surface area contributed by atoms with Crippen LogP contribution in [0.1, 0.15) is 36.6 Å². The van der Waals surface area contributed by atoms with Crippen LogP contribution < -0.4 is 5.32 Å². The monoisotopic (exact) mass is 509 g/mol. The molecule has 0 atom stereocenters. The fourth-order valence-corrected chi connectivity index (χ4v) is 5.21. The van der Waals surface area contributed by atoms with Crippen molar-refractivity contribution in [2.45, 2.75) is 10.1 Å². The van der Waals surface area contributed by atoms with Crippen LogP contribution in [0.3, 0.4) is 0 Å². The van der Waals surface area contributed by atoms with Gasteiger partial charge in [0.15, 0.2) is 4.34 Å². The number of rotatable bonds is 8. The highest BCUT2D eigenvalue weighted by molar-refractivity contribution is 8.00. The number of carboxylic acids is 2. The first kappa shape index (κ1) is 23.9. The fourth-order valence-electron chi connectivity index (χ4n) is 3.15. The van der Waals surface area contributed by atoms with Gasteiger partial charge in [0.2, 0.25) is 0 Å². The van der Waals surface area contributed by atoms with Crippen molar-refractivity contribution >= 4 is 62.5 Å². The lowest BCUT2D eigenvalue weighted by Crippen LogP contribution is -2.16. The van der Waals surface area contributed by atoms with Crippen LogP contribution in [-0.4, -0.2) is 38.0 Å². The molecule has 0 aliphatic heterocycles. The Balaban J connectivity index is 1.48. The van der Waals surface area contributed by atoms with Crippen molar-refractivity contribution in [3.05, 3.63) is 93.0 Å². The summed E-state index contributed by atoms with van der Waals surface area (Å²) in [5.74, 6) is -2.54. The number of thiazole rings is 1. The Morgan fingerprint density at radius 2 is 1.71 bits per heavy atom. The van der Waals surface area contributed by atoms with Crippen LogP contribution in [0.4, 0.5) is 11.4 Å². The first-order valence-electron chi connectivity index (χ1n) is 9.90. The van der Waals surface area contributed by atoms with Crippen LogP contribution in [0.2, 0.25) is 0 Å². The number of carbonyl (C=O) groups is 3. The van der Waals surface area contributed by atoms with E-state index in [2.05, 4.69) is 10.3 Å². The van der Waals surface area contributed by atoms with Gasteiger partial charge in [-0.2, -0.15) is 0 Å². The molecule has 12 heteroatoms. The van der Waals surface area contributed by atoms with E-state index in [9.17, 15) is 29.6 Å². The number of fused-ring (bicyclic) bond motifs is 1. The van der Waals surface area contributed by atoms with E-state index in [-0.39, 0.29) is 11.1 Å². The third-order valence-corrected chi connectivity index (χ3v) is 7.11. The zero-order valence-corrected chi connectivity index (χ0v) is 19.3. The number of aromatic nitrogens is 1. The minimum Gasteiger partial charge on any atom is -0.478 e. The maximum atomic E-state index is 12.7. The van der Waals surface area contributed by atoms with Crippen molar-refractivity contribution in [1.29, 1.82) is 0 Å². The van der Waals surface area contributed by atoms with Crippen molar-refractivity contribution in [3.63, 3.8) is 0 Å². The Hall–Kier alpha value is -4.29. The Morgan fingerprint density at radius 1 is 0.971 bits per heavy atom. The summed E-state index contributed by atoms with van der Waals surface area (Å²) in [4.78, 5) is 49.9. The number of carboxylic acid groups (broad SMARTS) is 2. The average molecular weight is 510 g/mol. The molecule has 0 aliphatic rings. The van der Waals surface area contributed by atoms with Gasteiger partial charge in [-0.25, -0.2) is 14.6 Å². The highest BCUT2D eigenvalue weighted by atomic mass is 32.2. The molecule has 1 heterocycles. The van der Waals surface area contributed by atoms with Gasteiger partial charge in [0.25, 0.3) is 11.6 Å². The molecular formula is C23H15N3O7S2. The lowest BCUT2D eigenvalue weighted by molar-refractivity contribution is -0.384. The van der Waals surface area contributed by atoms with E-state index in [0.717, 1.165) is 38.3 Å². The number of anilines is 1. The molecule has 3 aromatic carbocycles. The second kappa shape index (κ2) is 9.91. The summed E-state index contributed by atoms with van der Waals surface area (Å²) in [7, 11) is 0. The topological polar surface area (TPSA) is 160 Å². The van der Waals surface area contributed by atoms with Crippen LogP contribution in [0.25, 0.3) is 10.2 Å². The van der Waals surface area contributed by atoms with Gasteiger partial charge in [-0.15, -0.1) is 11.3 Å². The highest BCUT2D eigenvalue weighted by Gasteiger charge is 2.21. The van der Waals surface area contributed by atoms with Gasteiger partial charge >= 0.3 is 11.9 Å². The van der Waals surface area contributed by atoms with Gasteiger partial charge in [-0.3, -0.25) is 14.9 Å². The molecule has 1 aromatic heterocycles. The molecule has 10 nitrogen and oxygen atoms in total. The lowest BCUT2D eigenvalue weighted by Gasteiger charge is -2.08. The lowest BCUT2D eigenvalue weighted by atomic mass is 10.1. The molecule has 0 fully saturated rings. The van der Waals surface area contributed by atoms with Gasteiger partial charge in [0.1, 0.15) is 0 Å². The number of nitro groups is 1. The summed E-state index contributed by atoms with van der Waals surface area (Å²) < 4.78 is 1.59. The van der Waals surface area contributed by atoms with E-state index >= 15 is 0 Å². The number of amides is 1. The third kappa shape index (κ3) is 5.45. The molecular weight excluding hydrogens is 494 g/mol. The summed E-state index contributed by atoms with van der Waals surface area (Å²) in [5, 5.41) is 31.9. The number of carbonyl (C=O) groups excluding carboxylic acids is 1. The van der Waals surface area contributed by atoms with Gasteiger partial charge < -0.3 is 15.5 Å². The van der Waals surface area contributed by atoms with Crippen molar-refractivity contribution in [2.24, 2.45) is 0 Å². The number of benzene rings is 3. The van der Waals surface area contributed by atoms with Crippen LogP contribution in [0, 0.1) is 10.1 Å². The summed E-state index contributed by atoms with van der Waals surface area (Å²) in [5.41, 5.74) is 1.22. The number of aromatic carboxylic acids is 2. The van der Waals surface area contributed by atoms with Gasteiger partial charge in [-0.05, 0) is 42.0 Å². The molecule has 0 unspecified atom stereocenters. The minimum absolute atomic E-state index is 0.197. The van der Waals surface area contributed by atoms with E-state index in [1.54, 1.807) is 42.5 Å². The SMILES string of the molecule is O=C(O)c1ccc(CSc2nc3ccc(NC(=O)c4ccc([N+](=O)[O-])cc4C(=O)O)cc3s2)cc1. The van der Waals surface area contributed by atoms with E-state index in [0.29, 0.717) is 11.4 Å². The number of thioether (sulfide) groups is 1.